The van der Waals surface area contributed by atoms with Gasteiger partial charge in [-0.15, -0.1) is 0 Å². The smallest absolute Gasteiger partial charge is 0.310 e. The molecule has 1 saturated carbocycles. The van der Waals surface area contributed by atoms with Crippen LogP contribution >= 0.6 is 0 Å². The van der Waals surface area contributed by atoms with Crippen LogP contribution in [-0.4, -0.2) is 28.4 Å². The molecule has 3 rings (SSSR count). The van der Waals surface area contributed by atoms with E-state index in [1.807, 2.05) is 4.90 Å². The van der Waals surface area contributed by atoms with Gasteiger partial charge in [0.1, 0.15) is 0 Å². The lowest BCUT2D eigenvalue weighted by atomic mass is 9.66. The van der Waals surface area contributed by atoms with Gasteiger partial charge in [-0.25, -0.2) is 0 Å². The fourth-order valence-electron chi connectivity index (χ4n) is 3.83. The van der Waals surface area contributed by atoms with Crippen molar-refractivity contribution in [3.05, 3.63) is 35.4 Å². The van der Waals surface area contributed by atoms with Crippen LogP contribution in [-0.2, 0) is 9.59 Å². The van der Waals surface area contributed by atoms with Crippen molar-refractivity contribution in [3.8, 4) is 0 Å². The number of aliphatic carboxylic acids is 1. The first-order valence-corrected chi connectivity index (χ1v) is 8.61. The summed E-state index contributed by atoms with van der Waals surface area (Å²) in [6, 6.07) is 8.46. The number of piperidine rings is 1. The normalized spacial score (nSPS) is 23.2. The van der Waals surface area contributed by atoms with Crippen molar-refractivity contribution < 1.29 is 14.7 Å². The zero-order chi connectivity index (χ0) is 16.4. The van der Waals surface area contributed by atoms with Crippen molar-refractivity contribution in [2.75, 3.05) is 6.54 Å². The summed E-state index contributed by atoms with van der Waals surface area (Å²) in [6.07, 6.45) is 5.44. The van der Waals surface area contributed by atoms with E-state index in [-0.39, 0.29) is 18.4 Å². The first-order valence-electron chi connectivity index (χ1n) is 8.61. The maximum Gasteiger partial charge on any atom is 0.310 e. The fourth-order valence-corrected chi connectivity index (χ4v) is 3.83. The van der Waals surface area contributed by atoms with Gasteiger partial charge < -0.3 is 10.0 Å². The Balaban J connectivity index is 1.77. The van der Waals surface area contributed by atoms with Crippen molar-refractivity contribution in [2.45, 2.75) is 57.9 Å². The van der Waals surface area contributed by atoms with E-state index >= 15 is 0 Å². The summed E-state index contributed by atoms with van der Waals surface area (Å²) in [5.41, 5.74) is 1.58. The highest BCUT2D eigenvalue weighted by Crippen LogP contribution is 2.45. The maximum atomic E-state index is 12.8. The van der Waals surface area contributed by atoms with Crippen LogP contribution in [0.4, 0.5) is 0 Å². The summed E-state index contributed by atoms with van der Waals surface area (Å²) >= 11 is 0. The van der Waals surface area contributed by atoms with Crippen LogP contribution in [0.5, 0.6) is 0 Å². The van der Waals surface area contributed by atoms with Crippen molar-refractivity contribution in [1.82, 2.24) is 4.90 Å². The molecule has 1 aliphatic heterocycles. The Hall–Kier alpha value is -1.84. The molecule has 1 atom stereocenters. The van der Waals surface area contributed by atoms with Gasteiger partial charge in [-0.2, -0.15) is 0 Å². The zero-order valence-electron chi connectivity index (χ0n) is 13.8. The average molecular weight is 315 g/mol. The molecule has 1 aromatic rings. The Morgan fingerprint density at radius 2 is 1.87 bits per heavy atom. The molecule has 1 aliphatic carbocycles. The molecule has 0 radical (unpaired) electrons. The Morgan fingerprint density at radius 1 is 1.17 bits per heavy atom. The largest absolute Gasteiger partial charge is 0.481 e. The number of carboxylic acid groups (broad SMARTS) is 1. The number of rotatable bonds is 4. The number of benzene rings is 1. The third-order valence-electron chi connectivity index (χ3n) is 5.54. The van der Waals surface area contributed by atoms with E-state index in [2.05, 4.69) is 31.2 Å². The number of amides is 1. The van der Waals surface area contributed by atoms with E-state index in [0.29, 0.717) is 12.8 Å². The SMILES string of the molecule is Cc1ccc(C2CCCCN2C(=O)CC2(C(=O)O)CCC2)cc1. The third-order valence-corrected chi connectivity index (χ3v) is 5.54. The fraction of sp³-hybridized carbons (Fsp3) is 0.579. The molecule has 2 aliphatic rings. The number of carboxylic acids is 1. The highest BCUT2D eigenvalue weighted by Gasteiger charge is 2.47. The molecular weight excluding hydrogens is 290 g/mol. The van der Waals surface area contributed by atoms with Crippen molar-refractivity contribution in [1.29, 1.82) is 0 Å². The van der Waals surface area contributed by atoms with Gasteiger partial charge in [-0.3, -0.25) is 9.59 Å². The number of likely N-dealkylation sites (tertiary alicyclic amines) is 1. The van der Waals surface area contributed by atoms with Gasteiger partial charge in [0, 0.05) is 13.0 Å². The Bertz CT molecular complexity index is 589. The van der Waals surface area contributed by atoms with E-state index in [1.165, 1.54) is 11.1 Å². The van der Waals surface area contributed by atoms with Crippen molar-refractivity contribution in [3.63, 3.8) is 0 Å². The molecular formula is C19H25NO3. The molecule has 4 heteroatoms. The second-order valence-electron chi connectivity index (χ2n) is 7.13. The Kier molecular flexibility index (Phi) is 4.42. The summed E-state index contributed by atoms with van der Waals surface area (Å²) < 4.78 is 0. The molecule has 1 amide bonds. The molecule has 0 bridgehead atoms. The second-order valence-corrected chi connectivity index (χ2v) is 7.13. The lowest BCUT2D eigenvalue weighted by Crippen LogP contribution is -2.46. The van der Waals surface area contributed by atoms with Gasteiger partial charge in [0.25, 0.3) is 0 Å². The first-order chi connectivity index (χ1) is 11.0. The van der Waals surface area contributed by atoms with Gasteiger partial charge in [-0.1, -0.05) is 36.2 Å². The minimum absolute atomic E-state index is 0.0115. The molecule has 1 N–H and O–H groups in total. The van der Waals surface area contributed by atoms with Crippen LogP contribution in [0, 0.1) is 12.3 Å². The molecule has 23 heavy (non-hydrogen) atoms. The number of carbonyl (C=O) groups excluding carboxylic acids is 1. The molecule has 124 valence electrons. The van der Waals surface area contributed by atoms with Crippen LogP contribution < -0.4 is 0 Å². The summed E-state index contributed by atoms with van der Waals surface area (Å²) in [7, 11) is 0. The van der Waals surface area contributed by atoms with Gasteiger partial charge in [0.15, 0.2) is 0 Å². The van der Waals surface area contributed by atoms with Crippen LogP contribution in [0.3, 0.4) is 0 Å². The van der Waals surface area contributed by atoms with E-state index in [9.17, 15) is 14.7 Å². The van der Waals surface area contributed by atoms with E-state index < -0.39 is 11.4 Å². The van der Waals surface area contributed by atoms with E-state index in [4.69, 9.17) is 0 Å². The number of carbonyl (C=O) groups is 2. The lowest BCUT2D eigenvalue weighted by molar-refractivity contribution is -0.160. The third kappa shape index (κ3) is 3.12. The van der Waals surface area contributed by atoms with Crippen molar-refractivity contribution >= 4 is 11.9 Å². The highest BCUT2D eigenvalue weighted by molar-refractivity contribution is 5.86. The molecule has 0 spiro atoms. The van der Waals surface area contributed by atoms with Crippen LogP contribution in [0.15, 0.2) is 24.3 Å². The minimum Gasteiger partial charge on any atom is -0.481 e. The van der Waals surface area contributed by atoms with Crippen LogP contribution in [0.2, 0.25) is 0 Å². The topological polar surface area (TPSA) is 57.6 Å². The summed E-state index contributed by atoms with van der Waals surface area (Å²) in [5.74, 6) is -0.793. The minimum atomic E-state index is -0.805. The van der Waals surface area contributed by atoms with Crippen LogP contribution in [0.1, 0.15) is 62.1 Å². The second kappa shape index (κ2) is 6.34. The Labute approximate surface area is 137 Å². The summed E-state index contributed by atoms with van der Waals surface area (Å²) in [5, 5.41) is 9.47. The number of hydrogen-bond acceptors (Lipinski definition) is 2. The van der Waals surface area contributed by atoms with Gasteiger partial charge in [0.05, 0.1) is 11.5 Å². The quantitative estimate of drug-likeness (QED) is 0.922. The van der Waals surface area contributed by atoms with E-state index in [0.717, 1.165) is 32.2 Å². The Morgan fingerprint density at radius 3 is 2.43 bits per heavy atom. The molecule has 0 aromatic heterocycles. The molecule has 2 fully saturated rings. The van der Waals surface area contributed by atoms with Gasteiger partial charge in [-0.05, 0) is 44.6 Å². The maximum absolute atomic E-state index is 12.8. The molecule has 1 saturated heterocycles. The number of nitrogens with zero attached hydrogens (tertiary/aromatic N) is 1. The van der Waals surface area contributed by atoms with Crippen LogP contribution in [0.25, 0.3) is 0 Å². The first kappa shape index (κ1) is 16.0. The summed E-state index contributed by atoms with van der Waals surface area (Å²) in [4.78, 5) is 26.3. The molecule has 1 unspecified atom stereocenters. The number of aryl methyl sites for hydroxylation is 1. The van der Waals surface area contributed by atoms with Crippen molar-refractivity contribution in [2.24, 2.45) is 5.41 Å². The summed E-state index contributed by atoms with van der Waals surface area (Å²) in [6.45, 7) is 2.80. The molecule has 1 heterocycles. The lowest BCUT2D eigenvalue weighted by Gasteiger charge is -2.41. The standard InChI is InChI=1S/C19H25NO3/c1-14-6-8-15(9-7-14)16-5-2-3-12-20(16)17(21)13-19(18(22)23)10-4-11-19/h6-9,16H,2-5,10-13H2,1H3,(H,22,23). The monoisotopic (exact) mass is 315 g/mol. The average Bonchev–Trinajstić information content (AvgIpc) is 2.51. The van der Waals surface area contributed by atoms with Gasteiger partial charge >= 0.3 is 5.97 Å². The predicted molar refractivity (Wildman–Crippen MR) is 88.0 cm³/mol. The molecule has 1 aromatic carbocycles. The number of hydrogen-bond donors (Lipinski definition) is 1. The predicted octanol–water partition coefficient (Wildman–Crippen LogP) is 3.69. The van der Waals surface area contributed by atoms with E-state index in [1.54, 1.807) is 0 Å². The zero-order valence-corrected chi connectivity index (χ0v) is 13.8. The molecule has 4 nitrogen and oxygen atoms in total. The van der Waals surface area contributed by atoms with Gasteiger partial charge in [0.2, 0.25) is 5.91 Å². The highest BCUT2D eigenvalue weighted by atomic mass is 16.4.